The van der Waals surface area contributed by atoms with E-state index < -0.39 is 28.5 Å². The number of anilines is 1. The number of sulfonamides is 1. The van der Waals surface area contributed by atoms with Crippen molar-refractivity contribution in [3.05, 3.63) is 88.4 Å². The van der Waals surface area contributed by atoms with Crippen LogP contribution in [0, 0.1) is 5.92 Å². The molecule has 0 saturated carbocycles. The van der Waals surface area contributed by atoms with Gasteiger partial charge in [-0.15, -0.1) is 0 Å². The number of nitrogens with one attached hydrogen (secondary N) is 1. The highest BCUT2D eigenvalue weighted by atomic mass is 35.5. The molecule has 0 unspecified atom stereocenters. The Bertz CT molecular complexity index is 1410. The molecule has 3 rings (SSSR count). The molecule has 0 aromatic heterocycles. The number of amides is 2. The largest absolute Gasteiger partial charge is 0.497 e. The standard InChI is InChI=1S/C29H33Cl2N3O5S/c1-20(2)17-32-29(36)21(3)33(18-22-6-5-7-24(31)16-22)28(35)19-34(25-10-8-23(30)9-11-25)40(37,38)27-14-12-26(39-4)13-15-27/h5-16,20-21H,17-19H2,1-4H3,(H,32,36)/t21-/m0/s1. The maximum absolute atomic E-state index is 13.9. The van der Waals surface area contributed by atoms with Crippen molar-refractivity contribution in [3.63, 3.8) is 0 Å². The second kappa shape index (κ2) is 13.9. The maximum atomic E-state index is 13.9. The van der Waals surface area contributed by atoms with Crippen molar-refractivity contribution in [2.75, 3.05) is 24.5 Å². The van der Waals surface area contributed by atoms with Gasteiger partial charge in [-0.3, -0.25) is 13.9 Å². The summed E-state index contributed by atoms with van der Waals surface area (Å²) in [5, 5.41) is 3.75. The summed E-state index contributed by atoms with van der Waals surface area (Å²) in [6.07, 6.45) is 0. The Morgan fingerprint density at radius 3 is 2.15 bits per heavy atom. The Balaban J connectivity index is 2.01. The fourth-order valence-electron chi connectivity index (χ4n) is 3.88. The normalized spacial score (nSPS) is 12.1. The van der Waals surface area contributed by atoms with Crippen LogP contribution in [0.15, 0.2) is 77.7 Å². The van der Waals surface area contributed by atoms with Crippen molar-refractivity contribution in [2.24, 2.45) is 5.92 Å². The third-order valence-corrected chi connectivity index (χ3v) is 8.41. The SMILES string of the molecule is COc1ccc(S(=O)(=O)N(CC(=O)N(Cc2cccc(Cl)c2)[C@@H](C)C(=O)NCC(C)C)c2ccc(Cl)cc2)cc1. The van der Waals surface area contributed by atoms with Crippen LogP contribution in [0.4, 0.5) is 5.69 Å². The Morgan fingerprint density at radius 1 is 0.925 bits per heavy atom. The summed E-state index contributed by atoms with van der Waals surface area (Å²) in [5.74, 6) is -0.218. The summed E-state index contributed by atoms with van der Waals surface area (Å²) in [6, 6.07) is 18.1. The van der Waals surface area contributed by atoms with E-state index in [-0.39, 0.29) is 29.0 Å². The molecule has 0 radical (unpaired) electrons. The van der Waals surface area contributed by atoms with E-state index in [9.17, 15) is 18.0 Å². The number of methoxy groups -OCH3 is 1. The minimum absolute atomic E-state index is 0.0276. The first-order valence-electron chi connectivity index (χ1n) is 12.7. The van der Waals surface area contributed by atoms with Gasteiger partial charge >= 0.3 is 0 Å². The molecule has 0 aliphatic heterocycles. The van der Waals surface area contributed by atoms with E-state index in [2.05, 4.69) is 5.32 Å². The lowest BCUT2D eigenvalue weighted by atomic mass is 10.1. The van der Waals surface area contributed by atoms with Crippen LogP contribution in [0.1, 0.15) is 26.3 Å². The van der Waals surface area contributed by atoms with Crippen molar-refractivity contribution in [3.8, 4) is 5.75 Å². The summed E-state index contributed by atoms with van der Waals surface area (Å²) in [5.41, 5.74) is 0.939. The minimum Gasteiger partial charge on any atom is -0.497 e. The van der Waals surface area contributed by atoms with Crippen LogP contribution in [0.25, 0.3) is 0 Å². The second-order valence-corrected chi connectivity index (χ2v) is 12.4. The molecule has 2 amide bonds. The van der Waals surface area contributed by atoms with Gasteiger partial charge in [0.15, 0.2) is 0 Å². The van der Waals surface area contributed by atoms with E-state index in [1.807, 2.05) is 13.8 Å². The molecule has 214 valence electrons. The van der Waals surface area contributed by atoms with Crippen LogP contribution in [0.3, 0.4) is 0 Å². The molecule has 40 heavy (non-hydrogen) atoms. The summed E-state index contributed by atoms with van der Waals surface area (Å²) in [6.45, 7) is 5.47. The van der Waals surface area contributed by atoms with Gasteiger partial charge in [-0.2, -0.15) is 0 Å². The zero-order valence-corrected chi connectivity index (χ0v) is 25.1. The maximum Gasteiger partial charge on any atom is 0.264 e. The molecule has 1 atom stereocenters. The van der Waals surface area contributed by atoms with Gasteiger partial charge in [0.25, 0.3) is 10.0 Å². The number of hydrogen-bond acceptors (Lipinski definition) is 5. The Morgan fingerprint density at radius 2 is 1.57 bits per heavy atom. The molecule has 0 spiro atoms. The van der Waals surface area contributed by atoms with E-state index in [1.54, 1.807) is 43.3 Å². The van der Waals surface area contributed by atoms with Crippen LogP contribution in [0.5, 0.6) is 5.75 Å². The number of ether oxygens (including phenoxy) is 1. The van der Waals surface area contributed by atoms with Crippen molar-refractivity contribution in [1.82, 2.24) is 10.2 Å². The molecule has 0 aliphatic rings. The Kier molecular flexibility index (Phi) is 10.8. The van der Waals surface area contributed by atoms with Gasteiger partial charge in [0, 0.05) is 23.1 Å². The predicted octanol–water partition coefficient (Wildman–Crippen LogP) is 5.39. The van der Waals surface area contributed by atoms with Crippen LogP contribution >= 0.6 is 23.2 Å². The average molecular weight is 607 g/mol. The lowest BCUT2D eigenvalue weighted by molar-refractivity contribution is -0.139. The van der Waals surface area contributed by atoms with Gasteiger partial charge in [-0.25, -0.2) is 8.42 Å². The van der Waals surface area contributed by atoms with Crippen molar-refractivity contribution < 1.29 is 22.7 Å². The molecule has 0 heterocycles. The Labute approximate surface area is 245 Å². The molecule has 8 nitrogen and oxygen atoms in total. The van der Waals surface area contributed by atoms with Gasteiger partial charge < -0.3 is 15.0 Å². The van der Waals surface area contributed by atoms with E-state index in [1.165, 1.54) is 48.4 Å². The van der Waals surface area contributed by atoms with Crippen LogP contribution in [-0.2, 0) is 26.2 Å². The fraction of sp³-hybridized carbons (Fsp3) is 0.310. The third-order valence-electron chi connectivity index (χ3n) is 6.13. The zero-order chi connectivity index (χ0) is 29.4. The number of benzene rings is 3. The van der Waals surface area contributed by atoms with Crippen molar-refractivity contribution in [2.45, 2.75) is 38.3 Å². The van der Waals surface area contributed by atoms with Crippen LogP contribution in [-0.4, -0.2) is 51.4 Å². The Hall–Kier alpha value is -3.27. The molecule has 0 fully saturated rings. The molecule has 3 aromatic rings. The number of rotatable bonds is 12. The van der Waals surface area contributed by atoms with Gasteiger partial charge in [0.05, 0.1) is 17.7 Å². The van der Waals surface area contributed by atoms with E-state index >= 15 is 0 Å². The summed E-state index contributed by atoms with van der Waals surface area (Å²) in [4.78, 5) is 28.3. The fourth-order valence-corrected chi connectivity index (χ4v) is 5.63. The first-order valence-corrected chi connectivity index (χ1v) is 14.9. The monoisotopic (exact) mass is 605 g/mol. The lowest BCUT2D eigenvalue weighted by Gasteiger charge is -2.32. The highest BCUT2D eigenvalue weighted by Crippen LogP contribution is 2.27. The smallest absolute Gasteiger partial charge is 0.264 e. The molecule has 11 heteroatoms. The number of halogens is 2. The quantitative estimate of drug-likeness (QED) is 0.299. The average Bonchev–Trinajstić information content (AvgIpc) is 2.93. The predicted molar refractivity (Wildman–Crippen MR) is 158 cm³/mol. The molecular weight excluding hydrogens is 573 g/mol. The zero-order valence-electron chi connectivity index (χ0n) is 22.8. The van der Waals surface area contributed by atoms with Gasteiger partial charge in [0.1, 0.15) is 18.3 Å². The van der Waals surface area contributed by atoms with Crippen molar-refractivity contribution >= 4 is 50.7 Å². The second-order valence-electron chi connectivity index (χ2n) is 9.63. The van der Waals surface area contributed by atoms with Crippen LogP contribution < -0.4 is 14.4 Å². The summed E-state index contributed by atoms with van der Waals surface area (Å²) in [7, 11) is -2.72. The van der Waals surface area contributed by atoms with E-state index in [4.69, 9.17) is 27.9 Å². The molecule has 0 saturated heterocycles. The highest BCUT2D eigenvalue weighted by molar-refractivity contribution is 7.92. The highest BCUT2D eigenvalue weighted by Gasteiger charge is 2.32. The van der Waals surface area contributed by atoms with Crippen molar-refractivity contribution in [1.29, 1.82) is 0 Å². The first-order chi connectivity index (χ1) is 18.9. The summed E-state index contributed by atoms with van der Waals surface area (Å²) >= 11 is 12.2. The van der Waals surface area contributed by atoms with Gasteiger partial charge in [-0.05, 0) is 79.1 Å². The molecule has 1 N–H and O–H groups in total. The van der Waals surface area contributed by atoms with E-state index in [0.717, 1.165) is 4.31 Å². The van der Waals surface area contributed by atoms with Crippen LogP contribution in [0.2, 0.25) is 10.0 Å². The molecule has 3 aromatic carbocycles. The number of carbonyl (C=O) groups excluding carboxylic acids is 2. The van der Waals surface area contributed by atoms with E-state index in [0.29, 0.717) is 27.9 Å². The molecular formula is C29H33Cl2N3O5S. The van der Waals surface area contributed by atoms with Gasteiger partial charge in [-0.1, -0.05) is 49.2 Å². The molecule has 0 bridgehead atoms. The first kappa shape index (κ1) is 31.3. The summed E-state index contributed by atoms with van der Waals surface area (Å²) < 4.78 is 33.9. The minimum atomic E-state index is -4.20. The topological polar surface area (TPSA) is 96.0 Å². The number of hydrogen-bond donors (Lipinski definition) is 1. The molecule has 0 aliphatic carbocycles. The van der Waals surface area contributed by atoms with Gasteiger partial charge in [0.2, 0.25) is 11.8 Å². The number of carbonyl (C=O) groups is 2. The number of nitrogens with zero attached hydrogens (tertiary/aromatic N) is 2. The lowest BCUT2D eigenvalue weighted by Crippen LogP contribution is -2.51. The third kappa shape index (κ3) is 8.13.